The van der Waals surface area contributed by atoms with Crippen LogP contribution in [0.25, 0.3) is 11.5 Å². The van der Waals surface area contributed by atoms with Gasteiger partial charge in [-0.05, 0) is 50.3 Å². The van der Waals surface area contributed by atoms with Gasteiger partial charge in [0.15, 0.2) is 0 Å². The second-order valence-electron chi connectivity index (χ2n) is 7.70. The SMILES string of the molecule is COc1ccc(-c2nc(CN3CC[C@@H]4CCCC[C@H]4C3)c(C)o2)c(F)c1. The van der Waals surface area contributed by atoms with Crippen molar-refractivity contribution in [1.82, 2.24) is 9.88 Å². The number of fused-ring (bicyclic) bond motifs is 1. The van der Waals surface area contributed by atoms with Gasteiger partial charge in [0.2, 0.25) is 5.89 Å². The largest absolute Gasteiger partial charge is 0.497 e. The number of likely N-dealkylation sites (tertiary alicyclic amines) is 1. The number of piperidine rings is 1. The third kappa shape index (κ3) is 3.50. The standard InChI is InChI=1S/C21H27FN2O2/c1-14-20(13-24-10-9-15-5-3-4-6-16(15)12-24)23-21(26-14)18-8-7-17(25-2)11-19(18)22/h7-8,11,15-16H,3-6,9-10,12-13H2,1-2H3/t15-,16-/m0/s1. The molecule has 0 bridgehead atoms. The van der Waals surface area contributed by atoms with Crippen LogP contribution in [0.2, 0.25) is 0 Å². The van der Waals surface area contributed by atoms with Gasteiger partial charge in [0.05, 0.1) is 18.4 Å². The highest BCUT2D eigenvalue weighted by Crippen LogP contribution is 2.36. The molecule has 1 aliphatic carbocycles. The van der Waals surface area contributed by atoms with E-state index in [1.807, 2.05) is 6.92 Å². The molecule has 1 saturated carbocycles. The number of aromatic nitrogens is 1. The van der Waals surface area contributed by atoms with Crippen molar-refractivity contribution in [1.29, 1.82) is 0 Å². The maximum atomic E-state index is 14.3. The molecule has 0 unspecified atom stereocenters. The number of ether oxygens (including phenoxy) is 1. The Hall–Kier alpha value is -1.88. The second kappa shape index (κ2) is 7.39. The summed E-state index contributed by atoms with van der Waals surface area (Å²) in [6, 6.07) is 4.75. The Morgan fingerprint density at radius 3 is 2.81 bits per heavy atom. The van der Waals surface area contributed by atoms with Crippen LogP contribution in [0.1, 0.15) is 43.6 Å². The summed E-state index contributed by atoms with van der Waals surface area (Å²) in [5.41, 5.74) is 1.30. The number of aryl methyl sites for hydroxylation is 1. The minimum atomic E-state index is -0.375. The van der Waals surface area contributed by atoms with Crippen LogP contribution in [-0.2, 0) is 6.54 Å². The van der Waals surface area contributed by atoms with E-state index in [9.17, 15) is 4.39 Å². The van der Waals surface area contributed by atoms with Crippen molar-refractivity contribution < 1.29 is 13.5 Å². The molecule has 140 valence electrons. The van der Waals surface area contributed by atoms with E-state index in [1.54, 1.807) is 12.1 Å². The van der Waals surface area contributed by atoms with E-state index in [0.717, 1.165) is 42.9 Å². The average molecular weight is 358 g/mol. The topological polar surface area (TPSA) is 38.5 Å². The van der Waals surface area contributed by atoms with Gasteiger partial charge in [-0.25, -0.2) is 9.37 Å². The van der Waals surface area contributed by atoms with Gasteiger partial charge in [0, 0.05) is 19.2 Å². The summed E-state index contributed by atoms with van der Waals surface area (Å²) < 4.78 is 25.2. The molecule has 2 fully saturated rings. The first-order valence-electron chi connectivity index (χ1n) is 9.66. The van der Waals surface area contributed by atoms with E-state index >= 15 is 0 Å². The Morgan fingerprint density at radius 1 is 1.23 bits per heavy atom. The van der Waals surface area contributed by atoms with Crippen molar-refractivity contribution >= 4 is 0 Å². The lowest BCUT2D eigenvalue weighted by Gasteiger charge is -2.41. The molecule has 1 aliphatic heterocycles. The summed E-state index contributed by atoms with van der Waals surface area (Å²) in [6.45, 7) is 4.99. The summed E-state index contributed by atoms with van der Waals surface area (Å²) in [5, 5.41) is 0. The quantitative estimate of drug-likeness (QED) is 0.786. The number of halogens is 1. The molecule has 1 saturated heterocycles. The maximum Gasteiger partial charge on any atom is 0.229 e. The first-order chi connectivity index (χ1) is 12.6. The third-order valence-electron chi connectivity index (χ3n) is 6.05. The predicted molar refractivity (Wildman–Crippen MR) is 98.5 cm³/mol. The summed E-state index contributed by atoms with van der Waals surface area (Å²) >= 11 is 0. The van der Waals surface area contributed by atoms with E-state index < -0.39 is 0 Å². The molecule has 0 N–H and O–H groups in total. The van der Waals surface area contributed by atoms with E-state index in [-0.39, 0.29) is 5.82 Å². The zero-order valence-corrected chi connectivity index (χ0v) is 15.6. The minimum absolute atomic E-state index is 0.352. The summed E-state index contributed by atoms with van der Waals surface area (Å²) in [5.74, 6) is 3.00. The molecule has 0 amide bonds. The molecule has 0 radical (unpaired) electrons. The highest BCUT2D eigenvalue weighted by Gasteiger charge is 2.31. The summed E-state index contributed by atoms with van der Waals surface area (Å²) in [4.78, 5) is 7.10. The molecule has 2 heterocycles. The molecule has 1 aromatic carbocycles. The molecule has 2 aliphatic rings. The van der Waals surface area contributed by atoms with Crippen molar-refractivity contribution in [2.24, 2.45) is 11.8 Å². The zero-order valence-electron chi connectivity index (χ0n) is 15.6. The van der Waals surface area contributed by atoms with Gasteiger partial charge in [-0.1, -0.05) is 19.3 Å². The van der Waals surface area contributed by atoms with Crippen LogP contribution in [0, 0.1) is 24.6 Å². The fourth-order valence-corrected chi connectivity index (χ4v) is 4.52. The molecular formula is C21H27FN2O2. The molecule has 26 heavy (non-hydrogen) atoms. The smallest absolute Gasteiger partial charge is 0.229 e. The van der Waals surface area contributed by atoms with E-state index in [2.05, 4.69) is 9.88 Å². The zero-order chi connectivity index (χ0) is 18.1. The fraction of sp³-hybridized carbons (Fsp3) is 0.571. The van der Waals surface area contributed by atoms with Crippen molar-refractivity contribution in [3.8, 4) is 17.2 Å². The molecule has 4 nitrogen and oxygen atoms in total. The van der Waals surface area contributed by atoms with Gasteiger partial charge < -0.3 is 9.15 Å². The number of hydrogen-bond acceptors (Lipinski definition) is 4. The lowest BCUT2D eigenvalue weighted by molar-refractivity contribution is 0.0810. The van der Waals surface area contributed by atoms with Crippen LogP contribution in [0.5, 0.6) is 5.75 Å². The maximum absolute atomic E-state index is 14.3. The predicted octanol–water partition coefficient (Wildman–Crippen LogP) is 4.81. The van der Waals surface area contributed by atoms with Gasteiger partial charge >= 0.3 is 0 Å². The lowest BCUT2D eigenvalue weighted by Crippen LogP contribution is -2.41. The van der Waals surface area contributed by atoms with Crippen molar-refractivity contribution in [3.05, 3.63) is 35.5 Å². The van der Waals surface area contributed by atoms with Crippen LogP contribution >= 0.6 is 0 Å². The summed E-state index contributed by atoms with van der Waals surface area (Å²) in [7, 11) is 1.53. The highest BCUT2D eigenvalue weighted by atomic mass is 19.1. The Balaban J connectivity index is 1.48. The van der Waals surface area contributed by atoms with E-state index in [4.69, 9.17) is 9.15 Å². The number of hydrogen-bond donors (Lipinski definition) is 0. The summed E-state index contributed by atoms with van der Waals surface area (Å²) in [6.07, 6.45) is 6.84. The Morgan fingerprint density at radius 2 is 2.04 bits per heavy atom. The van der Waals surface area contributed by atoms with Crippen LogP contribution in [0.3, 0.4) is 0 Å². The molecule has 0 spiro atoms. The first kappa shape index (κ1) is 17.5. The molecule has 2 aromatic rings. The highest BCUT2D eigenvalue weighted by molar-refractivity contribution is 5.56. The second-order valence-corrected chi connectivity index (χ2v) is 7.70. The molecule has 5 heteroatoms. The number of rotatable bonds is 4. The van der Waals surface area contributed by atoms with Crippen molar-refractivity contribution in [2.75, 3.05) is 20.2 Å². The number of nitrogens with zero attached hydrogens (tertiary/aromatic N) is 2. The Labute approximate surface area is 154 Å². The third-order valence-corrected chi connectivity index (χ3v) is 6.05. The Bertz CT molecular complexity index is 773. The first-order valence-corrected chi connectivity index (χ1v) is 9.66. The van der Waals surface area contributed by atoms with Gasteiger partial charge in [-0.3, -0.25) is 4.90 Å². The van der Waals surface area contributed by atoms with Crippen LogP contribution < -0.4 is 4.74 Å². The fourth-order valence-electron chi connectivity index (χ4n) is 4.52. The van der Waals surface area contributed by atoms with Gasteiger partial charge in [-0.2, -0.15) is 0 Å². The normalized spacial score (nSPS) is 23.7. The average Bonchev–Trinajstić information content (AvgIpc) is 3.01. The molecule has 4 rings (SSSR count). The monoisotopic (exact) mass is 358 g/mol. The minimum Gasteiger partial charge on any atom is -0.497 e. The van der Waals surface area contributed by atoms with Gasteiger partial charge in [0.25, 0.3) is 0 Å². The van der Waals surface area contributed by atoms with E-state index in [0.29, 0.717) is 17.2 Å². The van der Waals surface area contributed by atoms with Crippen molar-refractivity contribution in [2.45, 2.75) is 45.6 Å². The molecule has 1 aromatic heterocycles. The van der Waals surface area contributed by atoms with Gasteiger partial charge in [-0.15, -0.1) is 0 Å². The van der Waals surface area contributed by atoms with Crippen LogP contribution in [-0.4, -0.2) is 30.1 Å². The van der Waals surface area contributed by atoms with Gasteiger partial charge in [0.1, 0.15) is 17.3 Å². The van der Waals surface area contributed by atoms with Crippen LogP contribution in [0.15, 0.2) is 22.6 Å². The number of benzene rings is 1. The molecule has 2 atom stereocenters. The molecular weight excluding hydrogens is 331 g/mol. The van der Waals surface area contributed by atoms with Crippen molar-refractivity contribution in [3.63, 3.8) is 0 Å². The lowest BCUT2D eigenvalue weighted by atomic mass is 9.75. The Kier molecular flexibility index (Phi) is 4.98. The number of methoxy groups -OCH3 is 1. The van der Waals surface area contributed by atoms with Crippen LogP contribution in [0.4, 0.5) is 4.39 Å². The van der Waals surface area contributed by atoms with E-state index in [1.165, 1.54) is 45.3 Å². The number of oxazole rings is 1.